The molecule has 2 N–H and O–H groups in total. The Hall–Kier alpha value is -1.44. The highest BCUT2D eigenvalue weighted by atomic mass is 19.1. The Kier molecular flexibility index (Phi) is 3.72. The number of hydrogen-bond donors (Lipinski definition) is 1. The molecule has 1 aliphatic rings. The van der Waals surface area contributed by atoms with Crippen molar-refractivity contribution in [3.63, 3.8) is 0 Å². The average molecular weight is 233 g/mol. The molecule has 1 aromatic rings. The second-order valence-electron chi connectivity index (χ2n) is 4.54. The van der Waals surface area contributed by atoms with Gasteiger partial charge in [-0.3, -0.25) is 4.90 Å². The fourth-order valence-corrected chi connectivity index (χ4v) is 2.23. The molecule has 0 spiro atoms. The number of rotatable bonds is 3. The quantitative estimate of drug-likeness (QED) is 0.860. The fourth-order valence-electron chi connectivity index (χ4n) is 2.23. The van der Waals surface area contributed by atoms with Gasteiger partial charge in [-0.25, -0.2) is 4.39 Å². The number of nitrogens with zero attached hydrogens (tertiary/aromatic N) is 2. The van der Waals surface area contributed by atoms with E-state index in [1.165, 1.54) is 6.07 Å². The average Bonchev–Trinajstić information content (AvgIpc) is 2.79. The van der Waals surface area contributed by atoms with Crippen LogP contribution in [0.25, 0.3) is 0 Å². The molecule has 1 aromatic carbocycles. The summed E-state index contributed by atoms with van der Waals surface area (Å²) in [7, 11) is 0. The molecule has 0 aliphatic carbocycles. The fraction of sp³-hybridized carbons (Fsp3) is 0.462. The van der Waals surface area contributed by atoms with E-state index >= 15 is 0 Å². The molecule has 0 aromatic heterocycles. The molecule has 1 unspecified atom stereocenters. The zero-order valence-corrected chi connectivity index (χ0v) is 9.69. The zero-order valence-electron chi connectivity index (χ0n) is 9.69. The summed E-state index contributed by atoms with van der Waals surface area (Å²) in [5.74, 6) is 0.247. The van der Waals surface area contributed by atoms with E-state index in [0.717, 1.165) is 19.5 Å². The van der Waals surface area contributed by atoms with Crippen molar-refractivity contribution in [2.75, 3.05) is 19.6 Å². The molecule has 1 heterocycles. The van der Waals surface area contributed by atoms with Crippen LogP contribution in [-0.4, -0.2) is 24.5 Å². The monoisotopic (exact) mass is 233 g/mol. The van der Waals surface area contributed by atoms with Crippen molar-refractivity contribution < 1.29 is 4.39 Å². The first kappa shape index (κ1) is 12.0. The maximum absolute atomic E-state index is 13.7. The Labute approximate surface area is 101 Å². The highest BCUT2D eigenvalue weighted by Gasteiger charge is 2.21. The van der Waals surface area contributed by atoms with Crippen LogP contribution in [0.3, 0.4) is 0 Å². The summed E-state index contributed by atoms with van der Waals surface area (Å²) in [6, 6.07) is 6.59. The molecule has 2 rings (SSSR count). The summed E-state index contributed by atoms with van der Waals surface area (Å²) < 4.78 is 13.7. The van der Waals surface area contributed by atoms with E-state index in [1.807, 2.05) is 6.07 Å². The first-order valence-corrected chi connectivity index (χ1v) is 5.84. The first-order valence-electron chi connectivity index (χ1n) is 5.84. The van der Waals surface area contributed by atoms with Crippen LogP contribution in [0.1, 0.15) is 17.5 Å². The molecule has 0 saturated carbocycles. The van der Waals surface area contributed by atoms with Gasteiger partial charge in [-0.15, -0.1) is 0 Å². The number of halogens is 1. The van der Waals surface area contributed by atoms with Crippen molar-refractivity contribution in [2.45, 2.75) is 13.0 Å². The molecule has 1 saturated heterocycles. The summed E-state index contributed by atoms with van der Waals surface area (Å²) in [5.41, 5.74) is 6.64. The van der Waals surface area contributed by atoms with Crippen LogP contribution < -0.4 is 5.73 Å². The highest BCUT2D eigenvalue weighted by molar-refractivity contribution is 5.32. The summed E-state index contributed by atoms with van der Waals surface area (Å²) in [6.07, 6.45) is 1.09. The Balaban J connectivity index is 2.02. The van der Waals surface area contributed by atoms with E-state index in [0.29, 0.717) is 30.1 Å². The molecule has 17 heavy (non-hydrogen) atoms. The molecular formula is C13H16FN3. The van der Waals surface area contributed by atoms with Crippen molar-refractivity contribution >= 4 is 0 Å². The standard InChI is InChI=1S/C13H16FN3/c14-13-5-10(6-15)1-2-12(13)9-17-4-3-11(7-16)8-17/h1-2,5,11H,3-4,7-9,16H2. The number of nitriles is 1. The lowest BCUT2D eigenvalue weighted by Gasteiger charge is -2.16. The predicted molar refractivity (Wildman–Crippen MR) is 63.6 cm³/mol. The van der Waals surface area contributed by atoms with E-state index in [4.69, 9.17) is 11.0 Å². The van der Waals surface area contributed by atoms with Crippen LogP contribution in [0.2, 0.25) is 0 Å². The van der Waals surface area contributed by atoms with Crippen LogP contribution in [0.4, 0.5) is 4.39 Å². The van der Waals surface area contributed by atoms with Gasteiger partial charge < -0.3 is 5.73 Å². The summed E-state index contributed by atoms with van der Waals surface area (Å²) >= 11 is 0. The van der Waals surface area contributed by atoms with E-state index < -0.39 is 0 Å². The van der Waals surface area contributed by atoms with Crippen molar-refractivity contribution in [3.05, 3.63) is 35.1 Å². The molecule has 4 heteroatoms. The second-order valence-corrected chi connectivity index (χ2v) is 4.54. The van der Waals surface area contributed by atoms with E-state index in [-0.39, 0.29) is 5.82 Å². The van der Waals surface area contributed by atoms with Gasteiger partial charge in [0.05, 0.1) is 11.6 Å². The van der Waals surface area contributed by atoms with E-state index in [1.54, 1.807) is 12.1 Å². The minimum Gasteiger partial charge on any atom is -0.330 e. The number of likely N-dealkylation sites (tertiary alicyclic amines) is 1. The topological polar surface area (TPSA) is 53.0 Å². The van der Waals surface area contributed by atoms with Gasteiger partial charge in [-0.1, -0.05) is 6.07 Å². The summed E-state index contributed by atoms with van der Waals surface area (Å²) in [5, 5.41) is 8.66. The number of benzene rings is 1. The van der Waals surface area contributed by atoms with Gasteiger partial charge in [0.2, 0.25) is 0 Å². The van der Waals surface area contributed by atoms with Gasteiger partial charge in [-0.2, -0.15) is 5.26 Å². The molecule has 1 aliphatic heterocycles. The van der Waals surface area contributed by atoms with Crippen LogP contribution in [0.15, 0.2) is 18.2 Å². The van der Waals surface area contributed by atoms with Crippen molar-refractivity contribution in [1.82, 2.24) is 4.90 Å². The third-order valence-electron chi connectivity index (χ3n) is 3.28. The van der Waals surface area contributed by atoms with Crippen LogP contribution in [-0.2, 0) is 6.54 Å². The van der Waals surface area contributed by atoms with E-state index in [9.17, 15) is 4.39 Å². The zero-order chi connectivity index (χ0) is 12.3. The number of nitrogens with two attached hydrogens (primary N) is 1. The van der Waals surface area contributed by atoms with Crippen LogP contribution in [0.5, 0.6) is 0 Å². The predicted octanol–water partition coefficient (Wildman–Crippen LogP) is 1.48. The smallest absolute Gasteiger partial charge is 0.129 e. The Bertz CT molecular complexity index is 439. The third-order valence-corrected chi connectivity index (χ3v) is 3.28. The lowest BCUT2D eigenvalue weighted by molar-refractivity contribution is 0.312. The van der Waals surface area contributed by atoms with Crippen LogP contribution >= 0.6 is 0 Å². The van der Waals surface area contributed by atoms with Gasteiger partial charge >= 0.3 is 0 Å². The molecule has 0 amide bonds. The van der Waals surface area contributed by atoms with Gasteiger partial charge in [-0.05, 0) is 37.6 Å². The van der Waals surface area contributed by atoms with Crippen molar-refractivity contribution in [1.29, 1.82) is 5.26 Å². The molecule has 1 atom stereocenters. The largest absolute Gasteiger partial charge is 0.330 e. The second kappa shape index (κ2) is 5.26. The Morgan fingerprint density at radius 1 is 1.53 bits per heavy atom. The van der Waals surface area contributed by atoms with Crippen molar-refractivity contribution in [2.24, 2.45) is 11.7 Å². The normalized spacial score (nSPS) is 20.4. The van der Waals surface area contributed by atoms with Crippen LogP contribution in [0, 0.1) is 23.1 Å². The molecule has 1 fully saturated rings. The highest BCUT2D eigenvalue weighted by Crippen LogP contribution is 2.19. The maximum atomic E-state index is 13.7. The minimum absolute atomic E-state index is 0.291. The Morgan fingerprint density at radius 3 is 2.94 bits per heavy atom. The first-order chi connectivity index (χ1) is 8.22. The van der Waals surface area contributed by atoms with Crippen molar-refractivity contribution in [3.8, 4) is 6.07 Å². The van der Waals surface area contributed by atoms with Gasteiger partial charge in [0, 0.05) is 18.7 Å². The van der Waals surface area contributed by atoms with Gasteiger partial charge in [0.25, 0.3) is 0 Å². The maximum Gasteiger partial charge on any atom is 0.129 e. The Morgan fingerprint density at radius 2 is 2.35 bits per heavy atom. The lowest BCUT2D eigenvalue weighted by atomic mass is 10.1. The summed E-state index contributed by atoms with van der Waals surface area (Å²) in [6.45, 7) is 3.22. The van der Waals surface area contributed by atoms with Gasteiger partial charge in [0.1, 0.15) is 5.82 Å². The number of hydrogen-bond acceptors (Lipinski definition) is 3. The molecule has 3 nitrogen and oxygen atoms in total. The van der Waals surface area contributed by atoms with Gasteiger partial charge in [0.15, 0.2) is 0 Å². The minimum atomic E-state index is -0.291. The molecular weight excluding hydrogens is 217 g/mol. The third kappa shape index (κ3) is 2.82. The molecule has 90 valence electrons. The SMILES string of the molecule is N#Cc1ccc(CN2CCC(CN)C2)c(F)c1. The molecule has 0 bridgehead atoms. The van der Waals surface area contributed by atoms with E-state index in [2.05, 4.69) is 4.90 Å². The summed E-state index contributed by atoms with van der Waals surface area (Å²) in [4.78, 5) is 2.21. The molecule has 0 radical (unpaired) electrons. The lowest BCUT2D eigenvalue weighted by Crippen LogP contribution is -2.23.